The Labute approximate surface area is 118 Å². The molecule has 9 heteroatoms. The van der Waals surface area contributed by atoms with Gasteiger partial charge in [0.1, 0.15) is 12.2 Å². The first kappa shape index (κ1) is 16.7. The molecule has 0 radical (unpaired) electrons. The predicted molar refractivity (Wildman–Crippen MR) is 66.4 cm³/mol. The van der Waals surface area contributed by atoms with Crippen LogP contribution in [0.5, 0.6) is 0 Å². The summed E-state index contributed by atoms with van der Waals surface area (Å²) in [4.78, 5) is 22.3. The van der Waals surface area contributed by atoms with Crippen molar-refractivity contribution in [3.8, 4) is 0 Å². The van der Waals surface area contributed by atoms with E-state index in [1.165, 1.54) is 25.3 Å². The van der Waals surface area contributed by atoms with Crippen LogP contribution in [-0.2, 0) is 16.1 Å². The van der Waals surface area contributed by atoms with Gasteiger partial charge in [0.05, 0.1) is 7.11 Å². The smallest absolute Gasteiger partial charge is 0.408 e. The number of hydrogen-bond donors (Lipinski definition) is 1. The molecule has 0 saturated heterocycles. The molecule has 21 heavy (non-hydrogen) atoms. The zero-order valence-electron chi connectivity index (χ0n) is 11.2. The predicted octanol–water partition coefficient (Wildman–Crippen LogP) is 1.29. The first-order valence-corrected chi connectivity index (χ1v) is 5.94. The zero-order chi connectivity index (χ0) is 15.9. The molecule has 0 spiro atoms. The summed E-state index contributed by atoms with van der Waals surface area (Å²) in [5.74, 6) is -1.09. The molecule has 1 amide bonds. The number of aromatic nitrogens is 2. The minimum atomic E-state index is -4.39. The van der Waals surface area contributed by atoms with Crippen LogP contribution in [0.25, 0.3) is 0 Å². The number of halogens is 3. The number of carbonyl (C=O) groups excluding carboxylic acids is 2. The molecule has 0 fully saturated rings. The quantitative estimate of drug-likeness (QED) is 0.488. The standard InChI is InChI=1S/C12H14F3N3O3/c1-21-10(19)4-2-3-6-16-11(20)9-5-7-18(17-9)8-12(13,14)15/h2,4-5,7H,3,6,8H2,1H3,(H,16,20)/b4-2+. The molecule has 116 valence electrons. The first-order chi connectivity index (χ1) is 9.81. The minimum Gasteiger partial charge on any atom is -0.466 e. The maximum atomic E-state index is 12.1. The number of amides is 1. The van der Waals surface area contributed by atoms with E-state index in [-0.39, 0.29) is 12.2 Å². The number of esters is 1. The second kappa shape index (κ2) is 7.46. The van der Waals surface area contributed by atoms with E-state index in [2.05, 4.69) is 15.2 Å². The Balaban J connectivity index is 2.39. The van der Waals surface area contributed by atoms with Gasteiger partial charge in [0.25, 0.3) is 5.91 Å². The lowest BCUT2D eigenvalue weighted by molar-refractivity contribution is -0.142. The Kier molecular flexibility index (Phi) is 5.94. The van der Waals surface area contributed by atoms with E-state index < -0.39 is 24.6 Å². The van der Waals surface area contributed by atoms with Gasteiger partial charge in [0.15, 0.2) is 0 Å². The third kappa shape index (κ3) is 6.59. The lowest BCUT2D eigenvalue weighted by atomic mass is 10.3. The molecule has 1 aromatic rings. The van der Waals surface area contributed by atoms with Crippen molar-refractivity contribution in [1.29, 1.82) is 0 Å². The van der Waals surface area contributed by atoms with E-state index in [9.17, 15) is 22.8 Å². The lowest BCUT2D eigenvalue weighted by Gasteiger charge is -2.05. The van der Waals surface area contributed by atoms with Crippen molar-refractivity contribution in [2.24, 2.45) is 0 Å². The van der Waals surface area contributed by atoms with E-state index in [1.807, 2.05) is 0 Å². The Morgan fingerprint density at radius 3 is 2.81 bits per heavy atom. The van der Waals surface area contributed by atoms with Crippen LogP contribution in [0.3, 0.4) is 0 Å². The van der Waals surface area contributed by atoms with Gasteiger partial charge in [-0.1, -0.05) is 6.08 Å². The third-order valence-corrected chi connectivity index (χ3v) is 2.27. The average Bonchev–Trinajstić information content (AvgIpc) is 2.84. The summed E-state index contributed by atoms with van der Waals surface area (Å²) in [5.41, 5.74) is -0.101. The maximum Gasteiger partial charge on any atom is 0.408 e. The number of hydrogen-bond acceptors (Lipinski definition) is 4. The van der Waals surface area contributed by atoms with Crippen molar-refractivity contribution < 1.29 is 27.5 Å². The van der Waals surface area contributed by atoms with Gasteiger partial charge in [-0.2, -0.15) is 18.3 Å². The van der Waals surface area contributed by atoms with Crippen LogP contribution < -0.4 is 5.32 Å². The Morgan fingerprint density at radius 1 is 1.48 bits per heavy atom. The summed E-state index contributed by atoms with van der Waals surface area (Å²) < 4.78 is 41.4. The number of ether oxygens (including phenoxy) is 1. The molecule has 0 bridgehead atoms. The van der Waals surface area contributed by atoms with Crippen LogP contribution in [0.1, 0.15) is 16.9 Å². The SMILES string of the molecule is COC(=O)/C=C/CCNC(=O)c1ccn(CC(F)(F)F)n1. The molecular formula is C12H14F3N3O3. The Morgan fingerprint density at radius 2 is 2.19 bits per heavy atom. The number of rotatable bonds is 6. The summed E-state index contributed by atoms with van der Waals surface area (Å²) >= 11 is 0. The summed E-state index contributed by atoms with van der Waals surface area (Å²) in [6, 6.07) is 1.20. The number of carbonyl (C=O) groups is 2. The molecule has 0 saturated carbocycles. The molecule has 6 nitrogen and oxygen atoms in total. The molecule has 1 aromatic heterocycles. The van der Waals surface area contributed by atoms with Gasteiger partial charge >= 0.3 is 12.1 Å². The minimum absolute atomic E-state index is 0.101. The van der Waals surface area contributed by atoms with Crippen molar-refractivity contribution in [3.05, 3.63) is 30.1 Å². The summed E-state index contributed by atoms with van der Waals surface area (Å²) in [7, 11) is 1.24. The van der Waals surface area contributed by atoms with Crippen LogP contribution in [0.4, 0.5) is 13.2 Å². The molecule has 1 heterocycles. The van der Waals surface area contributed by atoms with Gasteiger partial charge in [-0.3, -0.25) is 9.48 Å². The molecule has 0 aliphatic carbocycles. The highest BCUT2D eigenvalue weighted by Crippen LogP contribution is 2.16. The second-order valence-corrected chi connectivity index (χ2v) is 3.98. The third-order valence-electron chi connectivity index (χ3n) is 2.27. The fraction of sp³-hybridized carbons (Fsp3) is 0.417. The van der Waals surface area contributed by atoms with Crippen LogP contribution >= 0.6 is 0 Å². The molecule has 0 aromatic carbocycles. The fourth-order valence-corrected chi connectivity index (χ4v) is 1.36. The van der Waals surface area contributed by atoms with Gasteiger partial charge in [-0.25, -0.2) is 4.79 Å². The second-order valence-electron chi connectivity index (χ2n) is 3.98. The number of nitrogens with zero attached hydrogens (tertiary/aromatic N) is 2. The Bertz CT molecular complexity index is 523. The molecule has 0 unspecified atom stereocenters. The van der Waals surface area contributed by atoms with Crippen molar-refractivity contribution in [3.63, 3.8) is 0 Å². The highest BCUT2D eigenvalue weighted by atomic mass is 19.4. The molecular weight excluding hydrogens is 291 g/mol. The monoisotopic (exact) mass is 305 g/mol. The van der Waals surface area contributed by atoms with Crippen LogP contribution in [0, 0.1) is 0 Å². The van der Waals surface area contributed by atoms with Gasteiger partial charge in [-0.15, -0.1) is 0 Å². The highest BCUT2D eigenvalue weighted by Gasteiger charge is 2.28. The van der Waals surface area contributed by atoms with E-state index in [0.717, 1.165) is 6.20 Å². The normalized spacial score (nSPS) is 11.6. The fourth-order valence-electron chi connectivity index (χ4n) is 1.36. The molecule has 1 rings (SSSR count). The topological polar surface area (TPSA) is 73.2 Å². The highest BCUT2D eigenvalue weighted by molar-refractivity contribution is 5.92. The van der Waals surface area contributed by atoms with Crippen molar-refractivity contribution in [1.82, 2.24) is 15.1 Å². The Hall–Kier alpha value is -2.32. The van der Waals surface area contributed by atoms with E-state index in [4.69, 9.17) is 0 Å². The molecule has 0 atom stereocenters. The largest absolute Gasteiger partial charge is 0.466 e. The molecule has 0 aliphatic rings. The van der Waals surface area contributed by atoms with Crippen molar-refractivity contribution >= 4 is 11.9 Å². The summed E-state index contributed by atoms with van der Waals surface area (Å²) in [5, 5.41) is 6.00. The lowest BCUT2D eigenvalue weighted by Crippen LogP contribution is -2.25. The van der Waals surface area contributed by atoms with Crippen molar-refractivity contribution in [2.75, 3.05) is 13.7 Å². The van der Waals surface area contributed by atoms with E-state index in [1.54, 1.807) is 0 Å². The van der Waals surface area contributed by atoms with Crippen molar-refractivity contribution in [2.45, 2.75) is 19.1 Å². The van der Waals surface area contributed by atoms with Crippen LogP contribution in [0.2, 0.25) is 0 Å². The van der Waals surface area contributed by atoms with Crippen LogP contribution in [0.15, 0.2) is 24.4 Å². The van der Waals surface area contributed by atoms with Crippen LogP contribution in [-0.4, -0.2) is 41.5 Å². The number of methoxy groups -OCH3 is 1. The zero-order valence-corrected chi connectivity index (χ0v) is 11.2. The van der Waals surface area contributed by atoms with E-state index >= 15 is 0 Å². The molecule has 1 N–H and O–H groups in total. The van der Waals surface area contributed by atoms with Gasteiger partial charge < -0.3 is 10.1 Å². The summed E-state index contributed by atoms with van der Waals surface area (Å²) in [6.07, 6.45) is -0.208. The summed E-state index contributed by atoms with van der Waals surface area (Å²) in [6.45, 7) is -1.03. The van der Waals surface area contributed by atoms with Gasteiger partial charge in [0, 0.05) is 18.8 Å². The van der Waals surface area contributed by atoms with Gasteiger partial charge in [-0.05, 0) is 12.5 Å². The van der Waals surface area contributed by atoms with E-state index in [0.29, 0.717) is 11.1 Å². The number of alkyl halides is 3. The number of nitrogens with one attached hydrogen (secondary N) is 1. The van der Waals surface area contributed by atoms with Gasteiger partial charge in [0.2, 0.25) is 0 Å². The molecule has 0 aliphatic heterocycles. The average molecular weight is 305 g/mol. The maximum absolute atomic E-state index is 12.1. The first-order valence-electron chi connectivity index (χ1n) is 5.94.